The van der Waals surface area contributed by atoms with E-state index in [1.54, 1.807) is 6.21 Å². The Labute approximate surface area is 184 Å². The van der Waals surface area contributed by atoms with Gasteiger partial charge in [-0.3, -0.25) is 4.79 Å². The highest BCUT2D eigenvalue weighted by atomic mass is 16.5. The zero-order valence-electron chi connectivity index (χ0n) is 19.2. The number of nitrogens with one attached hydrogen (secondary N) is 1. The van der Waals surface area contributed by atoms with Crippen LogP contribution in [0.2, 0.25) is 0 Å². The summed E-state index contributed by atoms with van der Waals surface area (Å²) in [6.07, 6.45) is 1.69. The Morgan fingerprint density at radius 3 is 2.29 bits per heavy atom. The van der Waals surface area contributed by atoms with Crippen molar-refractivity contribution in [1.29, 1.82) is 0 Å². The summed E-state index contributed by atoms with van der Waals surface area (Å²) < 4.78 is 7.92. The highest BCUT2D eigenvalue weighted by Gasteiger charge is 2.11. The van der Waals surface area contributed by atoms with Crippen LogP contribution in [0.25, 0.3) is 5.69 Å². The molecule has 0 aliphatic heterocycles. The van der Waals surface area contributed by atoms with E-state index in [0.29, 0.717) is 18.1 Å². The van der Waals surface area contributed by atoms with Crippen molar-refractivity contribution in [2.45, 2.75) is 47.5 Å². The van der Waals surface area contributed by atoms with Crippen molar-refractivity contribution in [3.05, 3.63) is 82.2 Å². The standard InChI is InChI=1S/C26H31N3O2/c1-7-31-25-14-18(4)22(15-24(25)17(2)3)16-27-28-26(30)21-10-12-23(13-11-21)29-19(5)8-9-20(29)6/h8-17H,7H2,1-6H3,(H,28,30)/b27-16-. The van der Waals surface area contributed by atoms with E-state index in [1.165, 1.54) is 0 Å². The average molecular weight is 418 g/mol. The van der Waals surface area contributed by atoms with Crippen LogP contribution in [0.1, 0.15) is 65.1 Å². The molecule has 3 rings (SSSR count). The predicted octanol–water partition coefficient (Wildman–Crippen LogP) is 5.69. The van der Waals surface area contributed by atoms with E-state index in [9.17, 15) is 4.79 Å². The molecule has 1 aromatic heterocycles. The van der Waals surface area contributed by atoms with Gasteiger partial charge in [0.25, 0.3) is 5.91 Å². The van der Waals surface area contributed by atoms with Crippen molar-refractivity contribution in [2.24, 2.45) is 5.10 Å². The monoisotopic (exact) mass is 417 g/mol. The molecule has 3 aromatic rings. The second-order valence-corrected chi connectivity index (χ2v) is 8.03. The second kappa shape index (κ2) is 9.65. The SMILES string of the molecule is CCOc1cc(C)c(/C=N\NC(=O)c2ccc(-n3c(C)ccc3C)cc2)cc1C(C)C. The number of aromatic nitrogens is 1. The lowest BCUT2D eigenvalue weighted by Gasteiger charge is -2.15. The van der Waals surface area contributed by atoms with E-state index in [4.69, 9.17) is 4.74 Å². The number of amides is 1. The van der Waals surface area contributed by atoms with Crippen LogP contribution in [0.4, 0.5) is 0 Å². The lowest BCUT2D eigenvalue weighted by atomic mass is 9.97. The van der Waals surface area contributed by atoms with Gasteiger partial charge in [-0.05, 0) is 98.8 Å². The molecule has 0 aliphatic carbocycles. The third kappa shape index (κ3) is 5.05. The van der Waals surface area contributed by atoms with E-state index in [1.807, 2.05) is 44.2 Å². The van der Waals surface area contributed by atoms with E-state index in [-0.39, 0.29) is 5.91 Å². The van der Waals surface area contributed by atoms with E-state index in [2.05, 4.69) is 61.0 Å². The minimum absolute atomic E-state index is 0.239. The fourth-order valence-electron chi connectivity index (χ4n) is 3.65. The minimum Gasteiger partial charge on any atom is -0.494 e. The van der Waals surface area contributed by atoms with Crippen molar-refractivity contribution in [2.75, 3.05) is 6.61 Å². The van der Waals surface area contributed by atoms with E-state index < -0.39 is 0 Å². The van der Waals surface area contributed by atoms with Gasteiger partial charge in [0.05, 0.1) is 12.8 Å². The number of hydrogen-bond donors (Lipinski definition) is 1. The Hall–Kier alpha value is -3.34. The number of ether oxygens (including phenoxy) is 1. The molecular formula is C26H31N3O2. The first kappa shape index (κ1) is 22.3. The number of rotatable bonds is 7. The molecule has 0 saturated carbocycles. The van der Waals surface area contributed by atoms with E-state index >= 15 is 0 Å². The molecule has 1 amide bonds. The predicted molar refractivity (Wildman–Crippen MR) is 127 cm³/mol. The Morgan fingerprint density at radius 2 is 1.71 bits per heavy atom. The quantitative estimate of drug-likeness (QED) is 0.397. The zero-order valence-corrected chi connectivity index (χ0v) is 19.2. The molecule has 0 saturated heterocycles. The third-order valence-corrected chi connectivity index (χ3v) is 5.35. The van der Waals surface area contributed by atoms with Crippen LogP contribution in [0.15, 0.2) is 53.6 Å². The summed E-state index contributed by atoms with van der Waals surface area (Å²) in [6, 6.07) is 15.8. The summed E-state index contributed by atoms with van der Waals surface area (Å²) in [5, 5.41) is 4.18. The number of aryl methyl sites for hydroxylation is 3. The first-order valence-corrected chi connectivity index (χ1v) is 10.7. The van der Waals surface area contributed by atoms with E-state index in [0.717, 1.165) is 39.5 Å². The highest BCUT2D eigenvalue weighted by Crippen LogP contribution is 2.29. The van der Waals surface area contributed by atoms with Crippen LogP contribution < -0.4 is 10.2 Å². The van der Waals surface area contributed by atoms with Crippen LogP contribution in [-0.2, 0) is 0 Å². The van der Waals surface area contributed by atoms with Gasteiger partial charge in [-0.15, -0.1) is 0 Å². The summed E-state index contributed by atoms with van der Waals surface area (Å²) in [5.74, 6) is 0.996. The molecule has 1 N–H and O–H groups in total. The lowest BCUT2D eigenvalue weighted by molar-refractivity contribution is 0.0955. The van der Waals surface area contributed by atoms with Gasteiger partial charge in [-0.1, -0.05) is 13.8 Å². The normalized spacial score (nSPS) is 11.3. The fraction of sp³-hybridized carbons (Fsp3) is 0.308. The molecule has 31 heavy (non-hydrogen) atoms. The number of carbonyl (C=O) groups is 1. The average Bonchev–Trinajstić information content (AvgIpc) is 3.07. The fourth-order valence-corrected chi connectivity index (χ4v) is 3.65. The maximum absolute atomic E-state index is 12.5. The molecule has 2 aromatic carbocycles. The molecule has 0 aliphatic rings. The largest absolute Gasteiger partial charge is 0.494 e. The molecular weight excluding hydrogens is 386 g/mol. The Kier molecular flexibility index (Phi) is 6.95. The zero-order chi connectivity index (χ0) is 22.5. The van der Waals surface area contributed by atoms with Crippen LogP contribution in [0.3, 0.4) is 0 Å². The van der Waals surface area contributed by atoms with Crippen LogP contribution >= 0.6 is 0 Å². The number of benzene rings is 2. The number of carbonyl (C=O) groups excluding carboxylic acids is 1. The first-order valence-electron chi connectivity index (χ1n) is 10.7. The second-order valence-electron chi connectivity index (χ2n) is 8.03. The summed E-state index contributed by atoms with van der Waals surface area (Å²) in [4.78, 5) is 12.5. The third-order valence-electron chi connectivity index (χ3n) is 5.35. The summed E-state index contributed by atoms with van der Waals surface area (Å²) in [6.45, 7) is 13.0. The first-order chi connectivity index (χ1) is 14.8. The molecule has 0 atom stereocenters. The number of hydrazone groups is 1. The van der Waals surface area contributed by atoms with Gasteiger partial charge in [-0.2, -0.15) is 5.10 Å². The molecule has 0 fully saturated rings. The lowest BCUT2D eigenvalue weighted by Crippen LogP contribution is -2.17. The van der Waals surface area contributed by atoms with Crippen molar-refractivity contribution < 1.29 is 9.53 Å². The van der Waals surface area contributed by atoms with Gasteiger partial charge in [0.15, 0.2) is 0 Å². The molecule has 1 heterocycles. The summed E-state index contributed by atoms with van der Waals surface area (Å²) in [7, 11) is 0. The maximum atomic E-state index is 12.5. The highest BCUT2D eigenvalue weighted by molar-refractivity contribution is 5.95. The van der Waals surface area contributed by atoms with Crippen LogP contribution in [0.5, 0.6) is 5.75 Å². The molecule has 0 unspecified atom stereocenters. The Balaban J connectivity index is 1.73. The van der Waals surface area contributed by atoms with Gasteiger partial charge in [0, 0.05) is 22.6 Å². The van der Waals surface area contributed by atoms with Crippen molar-refractivity contribution in [1.82, 2.24) is 9.99 Å². The van der Waals surface area contributed by atoms with Crippen molar-refractivity contribution >= 4 is 12.1 Å². The van der Waals surface area contributed by atoms with Gasteiger partial charge >= 0.3 is 0 Å². The topological polar surface area (TPSA) is 55.6 Å². The Morgan fingerprint density at radius 1 is 1.06 bits per heavy atom. The molecule has 0 bridgehead atoms. The van der Waals surface area contributed by atoms with Gasteiger partial charge < -0.3 is 9.30 Å². The van der Waals surface area contributed by atoms with Gasteiger partial charge in [0.1, 0.15) is 5.75 Å². The minimum atomic E-state index is -0.239. The molecule has 162 valence electrons. The Bertz CT molecular complexity index is 1070. The number of hydrogen-bond acceptors (Lipinski definition) is 3. The summed E-state index contributed by atoms with van der Waals surface area (Å²) in [5.41, 5.74) is 9.69. The molecule has 5 nitrogen and oxygen atoms in total. The van der Waals surface area contributed by atoms with Crippen molar-refractivity contribution in [3.63, 3.8) is 0 Å². The van der Waals surface area contributed by atoms with Crippen LogP contribution in [-0.4, -0.2) is 23.3 Å². The molecule has 0 radical (unpaired) electrons. The smallest absolute Gasteiger partial charge is 0.271 e. The maximum Gasteiger partial charge on any atom is 0.271 e. The van der Waals surface area contributed by atoms with Crippen molar-refractivity contribution in [3.8, 4) is 11.4 Å². The number of nitrogens with zero attached hydrogens (tertiary/aromatic N) is 2. The van der Waals surface area contributed by atoms with Gasteiger partial charge in [0.2, 0.25) is 0 Å². The van der Waals surface area contributed by atoms with Gasteiger partial charge in [-0.25, -0.2) is 5.43 Å². The van der Waals surface area contributed by atoms with Crippen LogP contribution in [0, 0.1) is 20.8 Å². The summed E-state index contributed by atoms with van der Waals surface area (Å²) >= 11 is 0. The molecule has 0 spiro atoms. The molecule has 5 heteroatoms.